The van der Waals surface area contributed by atoms with Crippen LogP contribution in [0.15, 0.2) is 6.07 Å². The molecule has 0 saturated carbocycles. The predicted octanol–water partition coefficient (Wildman–Crippen LogP) is 3.53. The highest BCUT2D eigenvalue weighted by molar-refractivity contribution is 5.88. The second-order valence-electron chi connectivity index (χ2n) is 4.05. The molecular weight excluding hydrogens is 254 g/mol. The standard InChI is InChI=1S/C13H14F2N2O2/c1-4-7(2)10-11(15)9(14)5-8(6-16)12(10)17-13(18)19-3/h5,7H,4H2,1-3H3,(H,17,18). The molecule has 0 saturated heterocycles. The highest BCUT2D eigenvalue weighted by Gasteiger charge is 2.23. The van der Waals surface area contributed by atoms with Crippen LogP contribution in [0.25, 0.3) is 0 Å². The summed E-state index contributed by atoms with van der Waals surface area (Å²) in [4.78, 5) is 11.2. The number of benzene rings is 1. The van der Waals surface area contributed by atoms with Crippen LogP contribution in [-0.4, -0.2) is 13.2 Å². The molecule has 0 fully saturated rings. The summed E-state index contributed by atoms with van der Waals surface area (Å²) in [6.45, 7) is 3.48. The average Bonchev–Trinajstić information content (AvgIpc) is 2.41. The molecule has 1 aromatic carbocycles. The monoisotopic (exact) mass is 268 g/mol. The van der Waals surface area contributed by atoms with E-state index in [9.17, 15) is 13.6 Å². The molecule has 0 aromatic heterocycles. The van der Waals surface area contributed by atoms with Crippen LogP contribution in [0.3, 0.4) is 0 Å². The van der Waals surface area contributed by atoms with Gasteiger partial charge in [-0.3, -0.25) is 5.32 Å². The van der Waals surface area contributed by atoms with Gasteiger partial charge >= 0.3 is 6.09 Å². The summed E-state index contributed by atoms with van der Waals surface area (Å²) in [6, 6.07) is 2.49. The minimum absolute atomic E-state index is 0.0237. The van der Waals surface area contributed by atoms with Gasteiger partial charge in [-0.2, -0.15) is 5.26 Å². The first-order valence-corrected chi connectivity index (χ1v) is 5.73. The van der Waals surface area contributed by atoms with Crippen molar-refractivity contribution in [3.8, 4) is 6.07 Å². The molecule has 1 unspecified atom stereocenters. The number of nitriles is 1. The molecule has 0 bridgehead atoms. The van der Waals surface area contributed by atoms with Crippen molar-refractivity contribution in [3.63, 3.8) is 0 Å². The third-order valence-corrected chi connectivity index (χ3v) is 2.89. The van der Waals surface area contributed by atoms with Crippen LogP contribution < -0.4 is 5.32 Å². The van der Waals surface area contributed by atoms with Gasteiger partial charge < -0.3 is 4.74 Å². The van der Waals surface area contributed by atoms with E-state index in [-0.39, 0.29) is 22.7 Å². The van der Waals surface area contributed by atoms with E-state index in [2.05, 4.69) is 10.1 Å². The lowest BCUT2D eigenvalue weighted by atomic mass is 9.93. The predicted molar refractivity (Wildman–Crippen MR) is 65.8 cm³/mol. The Labute approximate surface area is 110 Å². The number of amides is 1. The summed E-state index contributed by atoms with van der Waals surface area (Å²) in [5.41, 5.74) is -0.202. The summed E-state index contributed by atoms with van der Waals surface area (Å²) in [6.07, 6.45) is -0.312. The second kappa shape index (κ2) is 6.14. The van der Waals surface area contributed by atoms with Crippen molar-refractivity contribution in [1.82, 2.24) is 0 Å². The number of nitrogens with zero attached hydrogens (tertiary/aromatic N) is 1. The summed E-state index contributed by atoms with van der Waals surface area (Å²) in [7, 11) is 1.14. The van der Waals surface area contributed by atoms with E-state index in [1.54, 1.807) is 19.9 Å². The zero-order valence-corrected chi connectivity index (χ0v) is 10.9. The minimum atomic E-state index is -1.11. The molecule has 1 aromatic rings. The molecule has 0 aliphatic carbocycles. The number of halogens is 2. The van der Waals surface area contributed by atoms with Crippen molar-refractivity contribution < 1.29 is 18.3 Å². The van der Waals surface area contributed by atoms with Gasteiger partial charge in [0.1, 0.15) is 6.07 Å². The van der Waals surface area contributed by atoms with Gasteiger partial charge in [0.2, 0.25) is 0 Å². The molecule has 1 atom stereocenters. The number of rotatable bonds is 3. The maximum atomic E-state index is 13.9. The van der Waals surface area contributed by atoms with Gasteiger partial charge in [0.25, 0.3) is 0 Å². The molecule has 0 spiro atoms. The van der Waals surface area contributed by atoms with Crippen LogP contribution in [-0.2, 0) is 4.74 Å². The summed E-state index contributed by atoms with van der Waals surface area (Å²) >= 11 is 0. The molecule has 6 heteroatoms. The van der Waals surface area contributed by atoms with Crippen molar-refractivity contribution in [3.05, 3.63) is 28.8 Å². The summed E-state index contributed by atoms with van der Waals surface area (Å²) in [5.74, 6) is -2.52. The van der Waals surface area contributed by atoms with E-state index >= 15 is 0 Å². The number of methoxy groups -OCH3 is 1. The molecule has 1 rings (SSSR count). The quantitative estimate of drug-likeness (QED) is 0.912. The number of hydrogen-bond acceptors (Lipinski definition) is 3. The first-order chi connectivity index (χ1) is 8.96. The van der Waals surface area contributed by atoms with Crippen LogP contribution in [0.4, 0.5) is 19.3 Å². The SMILES string of the molecule is CCC(C)c1c(F)c(F)cc(C#N)c1NC(=O)OC. The zero-order valence-electron chi connectivity index (χ0n) is 10.9. The molecule has 0 aliphatic rings. The van der Waals surface area contributed by atoms with E-state index in [4.69, 9.17) is 5.26 Å². The number of nitrogens with one attached hydrogen (secondary N) is 1. The van der Waals surface area contributed by atoms with Crippen LogP contribution in [0.1, 0.15) is 37.3 Å². The summed E-state index contributed by atoms with van der Waals surface area (Å²) < 4.78 is 31.8. The first-order valence-electron chi connectivity index (χ1n) is 5.73. The molecule has 19 heavy (non-hydrogen) atoms. The number of ether oxygens (including phenoxy) is 1. The molecular formula is C13H14F2N2O2. The van der Waals surface area contributed by atoms with Crippen LogP contribution in [0.5, 0.6) is 0 Å². The van der Waals surface area contributed by atoms with Crippen molar-refractivity contribution in [2.75, 3.05) is 12.4 Å². The van der Waals surface area contributed by atoms with Gasteiger partial charge in [-0.1, -0.05) is 13.8 Å². The Morgan fingerprint density at radius 3 is 2.68 bits per heavy atom. The number of carbonyl (C=O) groups excluding carboxylic acids is 1. The highest BCUT2D eigenvalue weighted by atomic mass is 19.2. The van der Waals surface area contributed by atoms with E-state index in [1.165, 1.54) is 0 Å². The third kappa shape index (κ3) is 2.99. The Morgan fingerprint density at radius 2 is 2.21 bits per heavy atom. The molecule has 1 amide bonds. The maximum absolute atomic E-state index is 13.9. The van der Waals surface area contributed by atoms with Gasteiger partial charge in [-0.15, -0.1) is 0 Å². The van der Waals surface area contributed by atoms with Crippen LogP contribution in [0.2, 0.25) is 0 Å². The lowest BCUT2D eigenvalue weighted by molar-refractivity contribution is 0.187. The van der Waals surface area contributed by atoms with Crippen LogP contribution in [0, 0.1) is 23.0 Å². The Morgan fingerprint density at radius 1 is 1.58 bits per heavy atom. The van der Waals surface area contributed by atoms with Gasteiger partial charge in [0, 0.05) is 5.56 Å². The summed E-state index contributed by atoms with van der Waals surface area (Å²) in [5, 5.41) is 11.2. The molecule has 102 valence electrons. The Hall–Kier alpha value is -2.16. The van der Waals surface area contributed by atoms with E-state index < -0.39 is 17.7 Å². The topological polar surface area (TPSA) is 62.1 Å². The minimum Gasteiger partial charge on any atom is -0.453 e. The van der Waals surface area contributed by atoms with Gasteiger partial charge in [0.05, 0.1) is 18.4 Å². The number of carbonyl (C=O) groups is 1. The van der Waals surface area contributed by atoms with Crippen molar-refractivity contribution >= 4 is 11.8 Å². The fourth-order valence-corrected chi connectivity index (χ4v) is 1.69. The smallest absolute Gasteiger partial charge is 0.411 e. The second-order valence-corrected chi connectivity index (χ2v) is 4.05. The first kappa shape index (κ1) is 14.9. The average molecular weight is 268 g/mol. The Bertz CT molecular complexity index is 538. The normalized spacial score (nSPS) is 11.6. The van der Waals surface area contributed by atoms with Crippen molar-refractivity contribution in [1.29, 1.82) is 5.26 Å². The number of hydrogen-bond donors (Lipinski definition) is 1. The highest BCUT2D eigenvalue weighted by Crippen LogP contribution is 2.33. The molecule has 4 nitrogen and oxygen atoms in total. The van der Waals surface area contributed by atoms with E-state index in [0.29, 0.717) is 6.42 Å². The van der Waals surface area contributed by atoms with Crippen molar-refractivity contribution in [2.45, 2.75) is 26.2 Å². The van der Waals surface area contributed by atoms with Crippen molar-refractivity contribution in [2.24, 2.45) is 0 Å². The molecule has 0 aliphatic heterocycles. The van der Waals surface area contributed by atoms with Gasteiger partial charge in [-0.05, 0) is 18.4 Å². The van der Waals surface area contributed by atoms with Gasteiger partial charge in [-0.25, -0.2) is 13.6 Å². The fourth-order valence-electron chi connectivity index (χ4n) is 1.69. The van der Waals surface area contributed by atoms with E-state index in [0.717, 1.165) is 13.2 Å². The van der Waals surface area contributed by atoms with Crippen LogP contribution >= 0.6 is 0 Å². The molecule has 0 radical (unpaired) electrons. The maximum Gasteiger partial charge on any atom is 0.411 e. The third-order valence-electron chi connectivity index (χ3n) is 2.89. The Kier molecular flexibility index (Phi) is 4.81. The molecule has 0 heterocycles. The Balaban J connectivity index is 3.50. The lowest BCUT2D eigenvalue weighted by Crippen LogP contribution is -2.16. The fraction of sp³-hybridized carbons (Fsp3) is 0.385. The van der Waals surface area contributed by atoms with E-state index in [1.807, 2.05) is 0 Å². The zero-order chi connectivity index (χ0) is 14.6. The molecule has 1 N–H and O–H groups in total. The lowest BCUT2D eigenvalue weighted by Gasteiger charge is -2.18. The number of anilines is 1. The largest absolute Gasteiger partial charge is 0.453 e. The van der Waals surface area contributed by atoms with Gasteiger partial charge in [0.15, 0.2) is 11.6 Å².